The highest BCUT2D eigenvalue weighted by Gasteiger charge is 2.39. The Kier molecular flexibility index (Phi) is 4.47. The highest BCUT2D eigenvalue weighted by atomic mass is 32.2. The van der Waals surface area contributed by atoms with E-state index < -0.39 is 11.4 Å². The van der Waals surface area contributed by atoms with Gasteiger partial charge in [-0.25, -0.2) is 0 Å². The molecule has 1 fully saturated rings. The SMILES string of the molecule is CCC(C)(CNC(=O)C1(C)CCCS1)C(=O)O. The molecule has 2 N–H and O–H groups in total. The second-order valence-electron chi connectivity index (χ2n) is 5.08. The van der Waals surface area contributed by atoms with Crippen molar-refractivity contribution in [2.75, 3.05) is 12.3 Å². The first kappa shape index (κ1) is 14.4. The Labute approximate surface area is 107 Å². The Morgan fingerprint density at radius 1 is 1.53 bits per heavy atom. The predicted octanol–water partition coefficient (Wildman–Crippen LogP) is 1.89. The van der Waals surface area contributed by atoms with Gasteiger partial charge in [-0.2, -0.15) is 0 Å². The molecular formula is C12H21NO3S. The number of carbonyl (C=O) groups excluding carboxylic acids is 1. The van der Waals surface area contributed by atoms with Gasteiger partial charge in [0.25, 0.3) is 0 Å². The van der Waals surface area contributed by atoms with Crippen LogP contribution in [0, 0.1) is 5.41 Å². The van der Waals surface area contributed by atoms with Crippen LogP contribution in [0.3, 0.4) is 0 Å². The number of rotatable bonds is 5. The van der Waals surface area contributed by atoms with E-state index in [4.69, 9.17) is 5.11 Å². The lowest BCUT2D eigenvalue weighted by atomic mass is 9.87. The molecule has 0 aromatic rings. The van der Waals surface area contributed by atoms with Crippen LogP contribution in [0.15, 0.2) is 0 Å². The number of hydrogen-bond acceptors (Lipinski definition) is 3. The number of carbonyl (C=O) groups is 2. The normalized spacial score (nSPS) is 27.5. The Balaban J connectivity index is 2.55. The molecule has 0 spiro atoms. The molecule has 5 heteroatoms. The van der Waals surface area contributed by atoms with E-state index in [0.29, 0.717) is 6.42 Å². The van der Waals surface area contributed by atoms with Crippen molar-refractivity contribution in [3.05, 3.63) is 0 Å². The predicted molar refractivity (Wildman–Crippen MR) is 69.1 cm³/mol. The molecule has 2 unspecified atom stereocenters. The lowest BCUT2D eigenvalue weighted by molar-refractivity contribution is -0.148. The number of carboxylic acid groups (broad SMARTS) is 1. The Bertz CT molecular complexity index is 313. The minimum absolute atomic E-state index is 0.0269. The summed E-state index contributed by atoms with van der Waals surface area (Å²) in [5, 5.41) is 11.9. The van der Waals surface area contributed by atoms with Crippen molar-refractivity contribution in [1.29, 1.82) is 0 Å². The topological polar surface area (TPSA) is 66.4 Å². The standard InChI is InChI=1S/C12H21NO3S/c1-4-11(2,10(15)16)8-13-9(14)12(3)6-5-7-17-12/h4-8H2,1-3H3,(H,13,14)(H,15,16). The van der Waals surface area contributed by atoms with Crippen LogP contribution in [0.1, 0.15) is 40.0 Å². The lowest BCUT2D eigenvalue weighted by Crippen LogP contribution is -2.46. The highest BCUT2D eigenvalue weighted by Crippen LogP contribution is 2.38. The van der Waals surface area contributed by atoms with Gasteiger partial charge in [-0.1, -0.05) is 6.92 Å². The average molecular weight is 259 g/mol. The molecule has 0 aromatic carbocycles. The van der Waals surface area contributed by atoms with E-state index >= 15 is 0 Å². The molecule has 1 aliphatic heterocycles. The summed E-state index contributed by atoms with van der Waals surface area (Å²) in [6.45, 7) is 5.63. The molecule has 1 heterocycles. The van der Waals surface area contributed by atoms with Gasteiger partial charge in [-0.3, -0.25) is 9.59 Å². The van der Waals surface area contributed by atoms with Crippen LogP contribution in [-0.4, -0.2) is 34.0 Å². The van der Waals surface area contributed by atoms with Crippen LogP contribution < -0.4 is 5.32 Å². The van der Waals surface area contributed by atoms with Crippen LogP contribution in [-0.2, 0) is 9.59 Å². The van der Waals surface area contributed by atoms with Gasteiger partial charge in [-0.05, 0) is 38.9 Å². The van der Waals surface area contributed by atoms with Gasteiger partial charge in [0.15, 0.2) is 0 Å². The zero-order chi connectivity index (χ0) is 13.1. The van der Waals surface area contributed by atoms with Crippen LogP contribution in [0.5, 0.6) is 0 Å². The summed E-state index contributed by atoms with van der Waals surface area (Å²) < 4.78 is -0.368. The quantitative estimate of drug-likeness (QED) is 0.791. The van der Waals surface area contributed by atoms with Crippen molar-refractivity contribution in [3.8, 4) is 0 Å². The maximum absolute atomic E-state index is 12.0. The van der Waals surface area contributed by atoms with Gasteiger partial charge >= 0.3 is 5.97 Å². The number of nitrogens with one attached hydrogen (secondary N) is 1. The van der Waals surface area contributed by atoms with Gasteiger partial charge in [0.2, 0.25) is 5.91 Å². The van der Waals surface area contributed by atoms with Crippen molar-refractivity contribution in [2.24, 2.45) is 5.41 Å². The number of carboxylic acids is 1. The van der Waals surface area contributed by atoms with Gasteiger partial charge in [0, 0.05) is 6.54 Å². The molecule has 17 heavy (non-hydrogen) atoms. The third-order valence-corrected chi connectivity index (χ3v) is 5.15. The maximum Gasteiger partial charge on any atom is 0.311 e. The summed E-state index contributed by atoms with van der Waals surface area (Å²) in [5.41, 5.74) is -0.866. The maximum atomic E-state index is 12.0. The van der Waals surface area contributed by atoms with Crippen LogP contribution in [0.25, 0.3) is 0 Å². The molecule has 2 atom stereocenters. The largest absolute Gasteiger partial charge is 0.481 e. The molecule has 1 amide bonds. The summed E-state index contributed by atoms with van der Waals surface area (Å²) >= 11 is 1.66. The first-order valence-electron chi connectivity index (χ1n) is 6.00. The van der Waals surface area contributed by atoms with E-state index in [0.717, 1.165) is 18.6 Å². The lowest BCUT2D eigenvalue weighted by Gasteiger charge is -2.27. The van der Waals surface area contributed by atoms with Crippen LogP contribution in [0.4, 0.5) is 0 Å². The average Bonchev–Trinajstić information content (AvgIpc) is 2.73. The Morgan fingerprint density at radius 3 is 2.59 bits per heavy atom. The van der Waals surface area contributed by atoms with E-state index in [9.17, 15) is 9.59 Å². The van der Waals surface area contributed by atoms with E-state index in [1.165, 1.54) is 0 Å². The van der Waals surface area contributed by atoms with Crippen molar-refractivity contribution in [3.63, 3.8) is 0 Å². The number of thioether (sulfide) groups is 1. The second kappa shape index (κ2) is 5.29. The molecule has 1 rings (SSSR count). The minimum Gasteiger partial charge on any atom is -0.481 e. The molecule has 98 valence electrons. The van der Waals surface area contributed by atoms with E-state index in [-0.39, 0.29) is 17.2 Å². The smallest absolute Gasteiger partial charge is 0.311 e. The fraction of sp³-hybridized carbons (Fsp3) is 0.833. The summed E-state index contributed by atoms with van der Waals surface area (Å²) in [6, 6.07) is 0. The Hall–Kier alpha value is -0.710. The summed E-state index contributed by atoms with van der Waals surface area (Å²) in [6.07, 6.45) is 2.43. The molecular weight excluding hydrogens is 238 g/mol. The first-order chi connectivity index (χ1) is 7.84. The van der Waals surface area contributed by atoms with Crippen molar-refractivity contribution >= 4 is 23.6 Å². The van der Waals surface area contributed by atoms with E-state index in [1.54, 1.807) is 18.7 Å². The van der Waals surface area contributed by atoms with Gasteiger partial charge in [0.05, 0.1) is 10.2 Å². The molecule has 0 bridgehead atoms. The summed E-state index contributed by atoms with van der Waals surface area (Å²) in [4.78, 5) is 23.1. The summed E-state index contributed by atoms with van der Waals surface area (Å²) in [5.74, 6) is 0.124. The zero-order valence-electron chi connectivity index (χ0n) is 10.7. The molecule has 1 saturated heterocycles. The van der Waals surface area contributed by atoms with Gasteiger partial charge < -0.3 is 10.4 Å². The molecule has 1 aliphatic rings. The molecule has 0 saturated carbocycles. The van der Waals surface area contributed by atoms with Crippen molar-refractivity contribution in [1.82, 2.24) is 5.32 Å². The molecule has 0 aliphatic carbocycles. The van der Waals surface area contributed by atoms with Crippen molar-refractivity contribution < 1.29 is 14.7 Å². The third kappa shape index (κ3) is 3.15. The fourth-order valence-corrected chi connectivity index (χ4v) is 3.00. The van der Waals surface area contributed by atoms with Crippen LogP contribution in [0.2, 0.25) is 0 Å². The number of aliphatic carboxylic acids is 1. The van der Waals surface area contributed by atoms with Gasteiger partial charge in [-0.15, -0.1) is 11.8 Å². The molecule has 4 nitrogen and oxygen atoms in total. The monoisotopic (exact) mass is 259 g/mol. The molecule has 0 aromatic heterocycles. The van der Waals surface area contributed by atoms with E-state index in [2.05, 4.69) is 5.32 Å². The Morgan fingerprint density at radius 2 is 2.18 bits per heavy atom. The first-order valence-corrected chi connectivity index (χ1v) is 6.98. The number of hydrogen-bond donors (Lipinski definition) is 2. The molecule has 0 radical (unpaired) electrons. The second-order valence-corrected chi connectivity index (χ2v) is 6.68. The van der Waals surface area contributed by atoms with Crippen molar-refractivity contribution in [2.45, 2.75) is 44.8 Å². The fourth-order valence-electron chi connectivity index (χ4n) is 1.77. The zero-order valence-corrected chi connectivity index (χ0v) is 11.5. The minimum atomic E-state index is -0.866. The third-order valence-electron chi connectivity index (χ3n) is 3.63. The van der Waals surface area contributed by atoms with Gasteiger partial charge in [0.1, 0.15) is 0 Å². The van der Waals surface area contributed by atoms with Crippen LogP contribution >= 0.6 is 11.8 Å². The van der Waals surface area contributed by atoms with E-state index in [1.807, 2.05) is 13.8 Å². The number of amides is 1. The summed E-state index contributed by atoms with van der Waals surface area (Å²) in [7, 11) is 0. The highest BCUT2D eigenvalue weighted by molar-refractivity contribution is 8.01.